The van der Waals surface area contributed by atoms with Gasteiger partial charge in [-0.15, -0.1) is 0 Å². The van der Waals surface area contributed by atoms with Crippen LogP contribution in [0.25, 0.3) is 5.70 Å². The molecule has 0 bridgehead atoms. The Morgan fingerprint density at radius 1 is 1.08 bits per heavy atom. The van der Waals surface area contributed by atoms with E-state index in [0.717, 1.165) is 28.0 Å². The Morgan fingerprint density at radius 3 is 2.38 bits per heavy atom. The third-order valence-corrected chi connectivity index (χ3v) is 4.30. The van der Waals surface area contributed by atoms with Gasteiger partial charge in [-0.3, -0.25) is 5.73 Å². The number of nitriles is 1. The van der Waals surface area contributed by atoms with E-state index in [1.807, 2.05) is 61.5 Å². The van der Waals surface area contributed by atoms with Crippen molar-refractivity contribution in [3.8, 4) is 6.07 Å². The summed E-state index contributed by atoms with van der Waals surface area (Å²) in [4.78, 5) is 3.16. The van der Waals surface area contributed by atoms with E-state index >= 15 is 0 Å². The Hall–Kier alpha value is -3.32. The third kappa shape index (κ3) is 2.57. The number of allylic oxidation sites excluding steroid dienone is 1. The molecule has 0 aromatic heterocycles. The Morgan fingerprint density at radius 2 is 1.75 bits per heavy atom. The monoisotopic (exact) mass is 315 g/mol. The van der Waals surface area contributed by atoms with Crippen molar-refractivity contribution in [1.82, 2.24) is 0 Å². The van der Waals surface area contributed by atoms with Gasteiger partial charge in [-0.2, -0.15) is 5.26 Å². The van der Waals surface area contributed by atoms with Crippen LogP contribution in [0.4, 0.5) is 0 Å². The van der Waals surface area contributed by atoms with Crippen LogP contribution in [0.3, 0.4) is 0 Å². The second-order valence-electron chi connectivity index (χ2n) is 5.72. The normalized spacial score (nSPS) is 19.1. The molecule has 118 valence electrons. The molecule has 1 heterocycles. The molecule has 2 aromatic rings. The van der Waals surface area contributed by atoms with Crippen LogP contribution >= 0.6 is 0 Å². The van der Waals surface area contributed by atoms with E-state index in [2.05, 4.69) is 11.1 Å². The first kappa shape index (κ1) is 15.6. The number of hydrogen-bond acceptors (Lipinski definition) is 3. The Kier molecular flexibility index (Phi) is 4.17. The fraction of sp³-hybridized carbons (Fsp3) is 0.100. The summed E-state index contributed by atoms with van der Waals surface area (Å²) in [5.74, 6) is 0.196. The average Bonchev–Trinajstić information content (AvgIpc) is 2.62. The van der Waals surface area contributed by atoms with Crippen molar-refractivity contribution in [3.05, 3.63) is 88.6 Å². The first-order valence-electron chi connectivity index (χ1n) is 7.74. The van der Waals surface area contributed by atoms with Crippen molar-refractivity contribution in [2.45, 2.75) is 12.8 Å². The molecule has 0 saturated carbocycles. The van der Waals surface area contributed by atoms with E-state index < -0.39 is 0 Å². The minimum absolute atomic E-state index is 0.280. The van der Waals surface area contributed by atoms with Gasteiger partial charge in [0.2, 0.25) is 0 Å². The maximum Gasteiger partial charge on any atom is 0.276 e. The minimum atomic E-state index is -0.280. The van der Waals surface area contributed by atoms with Crippen LogP contribution < -0.4 is 16.5 Å². The zero-order valence-electron chi connectivity index (χ0n) is 13.5. The standard InChI is InChI=1S/C20H18N4/c1-13-7-5-6-10-15(13)18-16(11-21)19(14-8-3-2-4-9-14)24-20(23)17(18)12-22/h2-10,12,18H,22H2,1H3,(H2,23,24)/p+1/b17-12-. The predicted octanol–water partition coefficient (Wildman–Crippen LogP) is 1.31. The van der Waals surface area contributed by atoms with Gasteiger partial charge in [0.1, 0.15) is 11.8 Å². The molecule has 1 aliphatic heterocycles. The number of hydrogen-bond donors (Lipinski definition) is 3. The number of nitrogens with two attached hydrogens (primary N) is 2. The fourth-order valence-corrected chi connectivity index (χ4v) is 3.10. The van der Waals surface area contributed by atoms with E-state index in [1.54, 1.807) is 0 Å². The molecule has 5 N–H and O–H groups in total. The predicted molar refractivity (Wildman–Crippen MR) is 95.3 cm³/mol. The smallest absolute Gasteiger partial charge is 0.276 e. The molecule has 0 amide bonds. The van der Waals surface area contributed by atoms with Gasteiger partial charge < -0.3 is 5.73 Å². The molecule has 1 unspecified atom stereocenters. The summed E-state index contributed by atoms with van der Waals surface area (Å²) >= 11 is 0. The Balaban J connectivity index is 2.29. The first-order valence-corrected chi connectivity index (χ1v) is 7.74. The summed E-state index contributed by atoms with van der Waals surface area (Å²) in [6, 6.07) is 20.1. The molecule has 0 fully saturated rings. The topological polar surface area (TPSA) is 89.8 Å². The van der Waals surface area contributed by atoms with E-state index in [1.165, 1.54) is 6.20 Å². The van der Waals surface area contributed by atoms with Crippen molar-refractivity contribution in [2.24, 2.45) is 11.5 Å². The van der Waals surface area contributed by atoms with E-state index in [-0.39, 0.29) is 5.92 Å². The summed E-state index contributed by atoms with van der Waals surface area (Å²) < 4.78 is 0. The number of amidine groups is 1. The summed E-state index contributed by atoms with van der Waals surface area (Å²) in [7, 11) is 0. The van der Waals surface area contributed by atoms with Gasteiger partial charge in [-0.1, -0.05) is 54.6 Å². The minimum Gasteiger partial charge on any atom is -0.404 e. The number of nitrogens with zero attached hydrogens (tertiary/aromatic N) is 1. The number of nitrogens with one attached hydrogen (secondary N) is 1. The highest BCUT2D eigenvalue weighted by atomic mass is 14.9. The van der Waals surface area contributed by atoms with Crippen molar-refractivity contribution >= 4 is 11.5 Å². The van der Waals surface area contributed by atoms with Crippen LogP contribution in [0.2, 0.25) is 0 Å². The first-order chi connectivity index (χ1) is 11.7. The zero-order chi connectivity index (χ0) is 17.1. The molecule has 3 rings (SSSR count). The molecular weight excluding hydrogens is 296 g/mol. The lowest BCUT2D eigenvalue weighted by Crippen LogP contribution is -2.75. The van der Waals surface area contributed by atoms with Crippen molar-refractivity contribution in [2.75, 3.05) is 0 Å². The highest BCUT2D eigenvalue weighted by Gasteiger charge is 2.35. The van der Waals surface area contributed by atoms with Crippen molar-refractivity contribution in [3.63, 3.8) is 0 Å². The maximum atomic E-state index is 9.88. The van der Waals surface area contributed by atoms with Gasteiger partial charge in [-0.05, 0) is 18.1 Å². The number of aryl methyl sites for hydroxylation is 1. The summed E-state index contributed by atoms with van der Waals surface area (Å²) in [5.41, 5.74) is 17.2. The van der Waals surface area contributed by atoms with Crippen LogP contribution in [0, 0.1) is 18.3 Å². The molecule has 2 aromatic carbocycles. The van der Waals surface area contributed by atoms with Gasteiger partial charge in [0, 0.05) is 11.8 Å². The Labute approximate surface area is 141 Å². The van der Waals surface area contributed by atoms with E-state index in [0.29, 0.717) is 11.4 Å². The van der Waals surface area contributed by atoms with Gasteiger partial charge in [-0.25, -0.2) is 4.99 Å². The molecule has 4 heteroatoms. The number of benzene rings is 2. The van der Waals surface area contributed by atoms with Crippen molar-refractivity contribution in [1.29, 1.82) is 5.26 Å². The lowest BCUT2D eigenvalue weighted by atomic mass is 9.79. The van der Waals surface area contributed by atoms with Gasteiger partial charge in [0.15, 0.2) is 0 Å². The largest absolute Gasteiger partial charge is 0.404 e. The summed E-state index contributed by atoms with van der Waals surface area (Å²) in [6.07, 6.45) is 1.48. The molecule has 4 nitrogen and oxygen atoms in total. The third-order valence-electron chi connectivity index (χ3n) is 4.30. The fourth-order valence-electron chi connectivity index (χ4n) is 3.10. The lowest BCUT2D eigenvalue weighted by Gasteiger charge is -2.24. The average molecular weight is 315 g/mol. The SMILES string of the molecule is Cc1ccccc1C1C(C#N)=C(c2ccccc2)[NH+]=C(N)/C1=C\N. The second kappa shape index (κ2) is 6.43. The molecule has 24 heavy (non-hydrogen) atoms. The van der Waals surface area contributed by atoms with Gasteiger partial charge in [0.05, 0.1) is 17.1 Å². The summed E-state index contributed by atoms with van der Waals surface area (Å²) in [6.45, 7) is 2.03. The van der Waals surface area contributed by atoms with Crippen molar-refractivity contribution < 1.29 is 4.99 Å². The zero-order valence-corrected chi connectivity index (χ0v) is 13.5. The maximum absolute atomic E-state index is 9.88. The highest BCUT2D eigenvalue weighted by Crippen LogP contribution is 2.36. The lowest BCUT2D eigenvalue weighted by molar-refractivity contribution is -0.346. The van der Waals surface area contributed by atoms with Crippen LogP contribution in [0.15, 0.2) is 71.9 Å². The molecular formula is C20H19N4+. The van der Waals surface area contributed by atoms with Gasteiger partial charge >= 0.3 is 0 Å². The molecule has 1 atom stereocenters. The molecule has 0 aliphatic carbocycles. The molecule has 0 spiro atoms. The van der Waals surface area contributed by atoms with Crippen LogP contribution in [-0.2, 0) is 0 Å². The van der Waals surface area contributed by atoms with Crippen LogP contribution in [0.1, 0.15) is 22.6 Å². The van der Waals surface area contributed by atoms with Crippen LogP contribution in [-0.4, -0.2) is 5.84 Å². The van der Waals surface area contributed by atoms with Gasteiger partial charge in [0.25, 0.3) is 5.84 Å². The second-order valence-corrected chi connectivity index (χ2v) is 5.72. The summed E-state index contributed by atoms with van der Waals surface area (Å²) in [5, 5.41) is 9.88. The van der Waals surface area contributed by atoms with Crippen LogP contribution in [0.5, 0.6) is 0 Å². The Bertz CT molecular complexity index is 899. The highest BCUT2D eigenvalue weighted by molar-refractivity contribution is 5.98. The number of rotatable bonds is 2. The molecule has 0 saturated heterocycles. The van der Waals surface area contributed by atoms with E-state index in [9.17, 15) is 5.26 Å². The molecule has 0 radical (unpaired) electrons. The quantitative estimate of drug-likeness (QED) is 0.780. The molecule has 1 aliphatic rings. The van der Waals surface area contributed by atoms with E-state index in [4.69, 9.17) is 11.5 Å².